The van der Waals surface area contributed by atoms with Crippen molar-refractivity contribution in [1.29, 1.82) is 0 Å². The number of carboxylic acids is 1. The van der Waals surface area contributed by atoms with Gasteiger partial charge in [0.05, 0.1) is 6.54 Å². The Labute approximate surface area is 93.1 Å². The van der Waals surface area contributed by atoms with E-state index in [0.717, 1.165) is 6.08 Å². The van der Waals surface area contributed by atoms with Crippen LogP contribution in [0.5, 0.6) is 0 Å². The summed E-state index contributed by atoms with van der Waals surface area (Å²) in [5.41, 5.74) is 0. The van der Waals surface area contributed by atoms with Gasteiger partial charge < -0.3 is 14.9 Å². The maximum absolute atomic E-state index is 11.5. The molecule has 1 rings (SSSR count). The average molecular weight is 226 g/mol. The number of carbonyl (C=O) groups excluding carboxylic acids is 2. The summed E-state index contributed by atoms with van der Waals surface area (Å²) in [6, 6.07) is 0. The van der Waals surface area contributed by atoms with Crippen LogP contribution >= 0.6 is 0 Å². The van der Waals surface area contributed by atoms with Crippen LogP contribution in [0, 0.1) is 0 Å². The summed E-state index contributed by atoms with van der Waals surface area (Å²) in [6.45, 7) is 2.59. The standard InChI is InChI=1S/C10H14N2O4/c1-2-11-6-9(14)12(7-8(11)13)5-3-4-10(15)16/h3-4H,2,5-7H2,1H3,(H,15,16). The first-order valence-electron chi connectivity index (χ1n) is 4.99. The number of rotatable bonds is 4. The van der Waals surface area contributed by atoms with Gasteiger partial charge in [0.2, 0.25) is 11.8 Å². The second kappa shape index (κ2) is 5.29. The second-order valence-electron chi connectivity index (χ2n) is 3.42. The molecule has 0 aliphatic carbocycles. The number of likely N-dealkylation sites (N-methyl/N-ethyl adjacent to an activating group) is 1. The van der Waals surface area contributed by atoms with Crippen LogP contribution in [0.2, 0.25) is 0 Å². The number of hydrogen-bond acceptors (Lipinski definition) is 3. The van der Waals surface area contributed by atoms with Crippen molar-refractivity contribution in [2.75, 3.05) is 26.2 Å². The number of nitrogens with zero attached hydrogens (tertiary/aromatic N) is 2. The molecule has 0 unspecified atom stereocenters. The summed E-state index contributed by atoms with van der Waals surface area (Å²) in [6.07, 6.45) is 2.32. The zero-order valence-corrected chi connectivity index (χ0v) is 9.05. The minimum Gasteiger partial charge on any atom is -0.478 e. The van der Waals surface area contributed by atoms with Crippen molar-refractivity contribution in [1.82, 2.24) is 9.80 Å². The van der Waals surface area contributed by atoms with E-state index in [9.17, 15) is 14.4 Å². The van der Waals surface area contributed by atoms with Gasteiger partial charge in [0, 0.05) is 19.2 Å². The maximum atomic E-state index is 11.5. The van der Waals surface area contributed by atoms with Gasteiger partial charge in [-0.2, -0.15) is 0 Å². The molecule has 16 heavy (non-hydrogen) atoms. The molecular weight excluding hydrogens is 212 g/mol. The lowest BCUT2D eigenvalue weighted by atomic mass is 10.3. The summed E-state index contributed by atoms with van der Waals surface area (Å²) in [5.74, 6) is -1.33. The highest BCUT2D eigenvalue weighted by atomic mass is 16.4. The molecule has 6 heteroatoms. The molecule has 1 aliphatic heterocycles. The number of hydrogen-bond donors (Lipinski definition) is 1. The largest absolute Gasteiger partial charge is 0.478 e. The smallest absolute Gasteiger partial charge is 0.328 e. The first-order chi connectivity index (χ1) is 7.54. The van der Waals surface area contributed by atoms with E-state index in [1.165, 1.54) is 15.9 Å². The lowest BCUT2D eigenvalue weighted by Crippen LogP contribution is -2.53. The van der Waals surface area contributed by atoms with Gasteiger partial charge in [-0.05, 0) is 6.92 Å². The van der Waals surface area contributed by atoms with Crippen molar-refractivity contribution < 1.29 is 19.5 Å². The van der Waals surface area contributed by atoms with E-state index < -0.39 is 5.97 Å². The molecule has 1 fully saturated rings. The van der Waals surface area contributed by atoms with Crippen molar-refractivity contribution in [2.45, 2.75) is 6.92 Å². The number of carboxylic acid groups (broad SMARTS) is 1. The Morgan fingerprint density at radius 1 is 1.31 bits per heavy atom. The molecule has 0 saturated carbocycles. The van der Waals surface area contributed by atoms with Crippen LogP contribution < -0.4 is 0 Å². The second-order valence-corrected chi connectivity index (χ2v) is 3.42. The van der Waals surface area contributed by atoms with Crippen LogP contribution in [0.4, 0.5) is 0 Å². The van der Waals surface area contributed by atoms with Gasteiger partial charge in [-0.1, -0.05) is 6.08 Å². The van der Waals surface area contributed by atoms with Crippen LogP contribution in [0.15, 0.2) is 12.2 Å². The molecule has 0 atom stereocenters. The predicted octanol–water partition coefficient (Wildman–Crippen LogP) is -0.682. The fourth-order valence-corrected chi connectivity index (χ4v) is 1.44. The highest BCUT2D eigenvalue weighted by Gasteiger charge is 2.27. The third kappa shape index (κ3) is 3.08. The van der Waals surface area contributed by atoms with Gasteiger partial charge in [-0.15, -0.1) is 0 Å². The van der Waals surface area contributed by atoms with Gasteiger partial charge in [0.1, 0.15) is 6.54 Å². The van der Waals surface area contributed by atoms with E-state index >= 15 is 0 Å². The highest BCUT2D eigenvalue weighted by molar-refractivity contribution is 5.92. The molecule has 2 amide bonds. The maximum Gasteiger partial charge on any atom is 0.328 e. The molecule has 88 valence electrons. The number of piperazine rings is 1. The quantitative estimate of drug-likeness (QED) is 0.644. The summed E-state index contributed by atoms with van der Waals surface area (Å²) in [4.78, 5) is 36.0. The zero-order chi connectivity index (χ0) is 12.1. The van der Waals surface area contributed by atoms with E-state index in [0.29, 0.717) is 6.54 Å². The van der Waals surface area contributed by atoms with Gasteiger partial charge >= 0.3 is 5.97 Å². The molecule has 1 aliphatic rings. The molecule has 0 aromatic rings. The SMILES string of the molecule is CCN1CC(=O)N(CC=CC(=O)O)CC1=O. The topological polar surface area (TPSA) is 77.9 Å². The molecule has 0 aromatic carbocycles. The van der Waals surface area contributed by atoms with E-state index in [1.54, 1.807) is 0 Å². The molecule has 0 aromatic heterocycles. The van der Waals surface area contributed by atoms with E-state index in [-0.39, 0.29) is 31.4 Å². The Morgan fingerprint density at radius 2 is 1.88 bits per heavy atom. The first kappa shape index (κ1) is 12.2. The molecule has 0 radical (unpaired) electrons. The first-order valence-corrected chi connectivity index (χ1v) is 4.99. The van der Waals surface area contributed by atoms with Gasteiger partial charge in [0.15, 0.2) is 0 Å². The molecular formula is C10H14N2O4. The van der Waals surface area contributed by atoms with Crippen LogP contribution in [0.1, 0.15) is 6.92 Å². The van der Waals surface area contributed by atoms with Gasteiger partial charge in [0.25, 0.3) is 0 Å². The van der Waals surface area contributed by atoms with Crippen LogP contribution in [0.3, 0.4) is 0 Å². The third-order valence-electron chi connectivity index (χ3n) is 2.33. The molecule has 1 N–H and O–H groups in total. The molecule has 1 saturated heterocycles. The van der Waals surface area contributed by atoms with Crippen molar-refractivity contribution in [3.63, 3.8) is 0 Å². The summed E-state index contributed by atoms with van der Waals surface area (Å²) in [5, 5.41) is 8.38. The Hall–Kier alpha value is -1.85. The van der Waals surface area contributed by atoms with Crippen molar-refractivity contribution in [3.05, 3.63) is 12.2 Å². The lowest BCUT2D eigenvalue weighted by Gasteiger charge is -2.32. The van der Waals surface area contributed by atoms with Crippen LogP contribution in [-0.4, -0.2) is 58.9 Å². The minimum absolute atomic E-state index is 0.0244. The number of amides is 2. The number of carbonyl (C=O) groups is 3. The molecule has 1 heterocycles. The Morgan fingerprint density at radius 3 is 2.44 bits per heavy atom. The molecule has 6 nitrogen and oxygen atoms in total. The number of aliphatic carboxylic acids is 1. The van der Waals surface area contributed by atoms with Gasteiger partial charge in [-0.3, -0.25) is 9.59 Å². The van der Waals surface area contributed by atoms with E-state index in [2.05, 4.69) is 0 Å². The monoisotopic (exact) mass is 226 g/mol. The third-order valence-corrected chi connectivity index (χ3v) is 2.33. The fraction of sp³-hybridized carbons (Fsp3) is 0.500. The summed E-state index contributed by atoms with van der Waals surface area (Å²) < 4.78 is 0. The van der Waals surface area contributed by atoms with Crippen LogP contribution in [0.25, 0.3) is 0 Å². The fourth-order valence-electron chi connectivity index (χ4n) is 1.44. The summed E-state index contributed by atoms with van der Waals surface area (Å²) in [7, 11) is 0. The van der Waals surface area contributed by atoms with E-state index in [1.807, 2.05) is 6.92 Å². The Balaban J connectivity index is 2.54. The molecule has 0 spiro atoms. The average Bonchev–Trinajstić information content (AvgIpc) is 2.22. The highest BCUT2D eigenvalue weighted by Crippen LogP contribution is 2.04. The predicted molar refractivity (Wildman–Crippen MR) is 55.6 cm³/mol. The summed E-state index contributed by atoms with van der Waals surface area (Å²) >= 11 is 0. The van der Waals surface area contributed by atoms with Crippen molar-refractivity contribution in [2.24, 2.45) is 0 Å². The van der Waals surface area contributed by atoms with Crippen molar-refractivity contribution in [3.8, 4) is 0 Å². The van der Waals surface area contributed by atoms with Crippen molar-refractivity contribution >= 4 is 17.8 Å². The Bertz CT molecular complexity index is 338. The normalized spacial score (nSPS) is 17.3. The van der Waals surface area contributed by atoms with Gasteiger partial charge in [-0.25, -0.2) is 4.79 Å². The molecule has 0 bridgehead atoms. The minimum atomic E-state index is -1.06. The van der Waals surface area contributed by atoms with E-state index in [4.69, 9.17) is 5.11 Å². The zero-order valence-electron chi connectivity index (χ0n) is 9.05. The van der Waals surface area contributed by atoms with Crippen LogP contribution in [-0.2, 0) is 14.4 Å². The Kier molecular flexibility index (Phi) is 4.04. The lowest BCUT2D eigenvalue weighted by molar-refractivity contribution is -0.149.